The number of aliphatic hydroxyl groups is 2. The first kappa shape index (κ1) is 28.2. The summed E-state index contributed by atoms with van der Waals surface area (Å²) in [5.41, 5.74) is 1.41. The molecule has 0 spiro atoms. The molecule has 2 heterocycles. The van der Waals surface area contributed by atoms with Crippen LogP contribution >= 0.6 is 33.2 Å². The average molecular weight is 581 g/mol. The van der Waals surface area contributed by atoms with Gasteiger partial charge >= 0.3 is 0 Å². The Hall–Kier alpha value is -2.77. The number of halogens is 2. The van der Waals surface area contributed by atoms with Gasteiger partial charge in [0.15, 0.2) is 5.82 Å². The fraction of sp³-hybridized carbons (Fsp3) is 0.320. The van der Waals surface area contributed by atoms with Crippen LogP contribution in [-0.2, 0) is 11.4 Å². The monoisotopic (exact) mass is 580 g/mol. The van der Waals surface area contributed by atoms with Crippen LogP contribution in [0, 0.1) is 5.82 Å². The summed E-state index contributed by atoms with van der Waals surface area (Å²) < 4.78 is 24.7. The highest BCUT2D eigenvalue weighted by atomic mass is 35.5. The molecule has 2 aromatic carbocycles. The molecular formula is C25H26ClFN4O5S2. The molecule has 1 aliphatic heterocycles. The van der Waals surface area contributed by atoms with E-state index in [2.05, 4.69) is 20.6 Å². The maximum absolute atomic E-state index is 13.4. The van der Waals surface area contributed by atoms with Crippen molar-refractivity contribution < 1.29 is 28.9 Å². The summed E-state index contributed by atoms with van der Waals surface area (Å²) in [6.07, 6.45) is 1.39. The second-order valence-corrected chi connectivity index (χ2v) is 11.5. The van der Waals surface area contributed by atoms with Crippen molar-refractivity contribution in [1.82, 2.24) is 9.97 Å². The van der Waals surface area contributed by atoms with Crippen LogP contribution in [0.4, 0.5) is 21.6 Å². The fourth-order valence-electron chi connectivity index (χ4n) is 3.44. The Labute approximate surface area is 231 Å². The van der Waals surface area contributed by atoms with E-state index in [0.29, 0.717) is 28.4 Å². The highest BCUT2D eigenvalue weighted by molar-refractivity contribution is 8.77. The van der Waals surface area contributed by atoms with E-state index < -0.39 is 12.7 Å². The van der Waals surface area contributed by atoms with E-state index in [0.717, 1.165) is 12.2 Å². The van der Waals surface area contributed by atoms with Crippen molar-refractivity contribution in [3.05, 3.63) is 65.2 Å². The molecule has 202 valence electrons. The zero-order valence-electron chi connectivity index (χ0n) is 20.1. The van der Waals surface area contributed by atoms with Crippen molar-refractivity contribution in [3.8, 4) is 11.6 Å². The molecule has 4 rings (SSSR count). The summed E-state index contributed by atoms with van der Waals surface area (Å²) in [4.78, 5) is 21.2. The molecule has 0 aliphatic carbocycles. The molecule has 0 bridgehead atoms. The Kier molecular flexibility index (Phi) is 10.3. The van der Waals surface area contributed by atoms with E-state index >= 15 is 0 Å². The Morgan fingerprint density at radius 2 is 2.11 bits per heavy atom. The van der Waals surface area contributed by atoms with Crippen LogP contribution in [0.1, 0.15) is 18.4 Å². The molecule has 3 aromatic rings. The lowest BCUT2D eigenvalue weighted by Crippen LogP contribution is -2.23. The predicted octanol–water partition coefficient (Wildman–Crippen LogP) is 4.81. The number of benzene rings is 2. The van der Waals surface area contributed by atoms with Gasteiger partial charge < -0.3 is 30.3 Å². The first-order chi connectivity index (χ1) is 18.4. The number of carbonyl (C=O) groups excluding carboxylic acids is 1. The van der Waals surface area contributed by atoms with E-state index in [9.17, 15) is 14.3 Å². The van der Waals surface area contributed by atoms with Crippen molar-refractivity contribution in [1.29, 1.82) is 0 Å². The molecule has 1 aromatic heterocycles. The van der Waals surface area contributed by atoms with Gasteiger partial charge in [-0.05, 0) is 42.3 Å². The summed E-state index contributed by atoms with van der Waals surface area (Å²) in [6.45, 7) is -0.570. The van der Waals surface area contributed by atoms with Crippen molar-refractivity contribution in [2.45, 2.75) is 30.8 Å². The minimum absolute atomic E-state index is 0.0398. The lowest BCUT2D eigenvalue weighted by Gasteiger charge is -2.17. The molecule has 0 radical (unpaired) electrons. The number of ether oxygens (including phenoxy) is 2. The van der Waals surface area contributed by atoms with Crippen LogP contribution in [0.5, 0.6) is 11.6 Å². The predicted molar refractivity (Wildman–Crippen MR) is 148 cm³/mol. The maximum Gasteiger partial charge on any atom is 0.243 e. The van der Waals surface area contributed by atoms with E-state index in [1.807, 2.05) is 0 Å². The summed E-state index contributed by atoms with van der Waals surface area (Å²) >= 11 is 6.42. The molecule has 1 amide bonds. The van der Waals surface area contributed by atoms with Crippen LogP contribution in [0.2, 0.25) is 5.02 Å². The van der Waals surface area contributed by atoms with Crippen LogP contribution < -0.4 is 20.1 Å². The molecule has 9 nitrogen and oxygen atoms in total. The van der Waals surface area contributed by atoms with Gasteiger partial charge in [-0.3, -0.25) is 4.79 Å². The van der Waals surface area contributed by atoms with Gasteiger partial charge in [0.1, 0.15) is 42.9 Å². The van der Waals surface area contributed by atoms with Crippen LogP contribution in [0.25, 0.3) is 0 Å². The number of nitrogens with zero attached hydrogens (tertiary/aromatic N) is 2. The Balaban J connectivity index is 1.50. The van der Waals surface area contributed by atoms with Gasteiger partial charge in [0.2, 0.25) is 11.8 Å². The highest BCUT2D eigenvalue weighted by Crippen LogP contribution is 2.40. The third-order valence-corrected chi connectivity index (χ3v) is 8.55. The standard InChI is InChI=1S/C25H26ClFN4O5S2/c26-20-9-17(4-5-21(20)35-12-15-2-1-3-16(27)8-15)30-24-23(31-22(34)10-19-6-7-37-38-19)25(29-14-28-24)36-13-18(33)11-32/h1-5,8-9,14,18-19,32-33H,6-7,10-13H2,(H,31,34)(H,28,29,30)/t18-,19+/m1/s1. The number of hydrogen-bond acceptors (Lipinski definition) is 10. The van der Waals surface area contributed by atoms with Gasteiger partial charge in [0.05, 0.1) is 11.6 Å². The van der Waals surface area contributed by atoms with Crippen LogP contribution in [0.15, 0.2) is 48.8 Å². The SMILES string of the molecule is O=C(C[C@@H]1CCSS1)Nc1c(Nc2ccc(OCc3cccc(F)c3)c(Cl)c2)ncnc1OC[C@H](O)CO. The molecule has 13 heteroatoms. The minimum Gasteiger partial charge on any atom is -0.487 e. The maximum atomic E-state index is 13.4. The van der Waals surface area contributed by atoms with E-state index in [1.165, 1.54) is 18.5 Å². The quantitative estimate of drug-likeness (QED) is 0.222. The first-order valence-electron chi connectivity index (χ1n) is 11.7. The number of rotatable bonds is 12. The lowest BCUT2D eigenvalue weighted by molar-refractivity contribution is -0.116. The lowest BCUT2D eigenvalue weighted by atomic mass is 10.2. The second-order valence-electron chi connectivity index (χ2n) is 8.32. The number of carbonyl (C=O) groups is 1. The Bertz CT molecular complexity index is 1250. The third-order valence-electron chi connectivity index (χ3n) is 5.32. The smallest absolute Gasteiger partial charge is 0.243 e. The topological polar surface area (TPSA) is 126 Å². The average Bonchev–Trinajstić information content (AvgIpc) is 3.41. The molecule has 1 aliphatic rings. The molecule has 1 fully saturated rings. The van der Waals surface area contributed by atoms with Gasteiger partial charge in [-0.15, -0.1) is 0 Å². The number of nitrogens with one attached hydrogen (secondary N) is 2. The number of hydrogen-bond donors (Lipinski definition) is 4. The number of aromatic nitrogens is 2. The van der Waals surface area contributed by atoms with Crippen molar-refractivity contribution in [2.75, 3.05) is 29.6 Å². The van der Waals surface area contributed by atoms with E-state index in [4.69, 9.17) is 26.2 Å². The molecule has 0 unspecified atom stereocenters. The van der Waals surface area contributed by atoms with E-state index in [1.54, 1.807) is 51.9 Å². The molecule has 4 N–H and O–H groups in total. The number of aliphatic hydroxyl groups excluding tert-OH is 2. The molecule has 38 heavy (non-hydrogen) atoms. The van der Waals surface area contributed by atoms with Gasteiger partial charge in [-0.2, -0.15) is 4.98 Å². The van der Waals surface area contributed by atoms with Crippen LogP contribution in [0.3, 0.4) is 0 Å². The summed E-state index contributed by atoms with van der Waals surface area (Å²) in [5.74, 6) is 1.12. The largest absolute Gasteiger partial charge is 0.487 e. The third kappa shape index (κ3) is 8.11. The molecule has 1 saturated heterocycles. The van der Waals surface area contributed by atoms with Crippen molar-refractivity contribution in [3.63, 3.8) is 0 Å². The highest BCUT2D eigenvalue weighted by Gasteiger charge is 2.23. The number of anilines is 3. The van der Waals surface area contributed by atoms with E-state index in [-0.39, 0.29) is 47.6 Å². The summed E-state index contributed by atoms with van der Waals surface area (Å²) in [7, 11) is 3.43. The second kappa shape index (κ2) is 13.9. The zero-order valence-corrected chi connectivity index (χ0v) is 22.5. The van der Waals surface area contributed by atoms with Gasteiger partial charge in [0, 0.05) is 23.1 Å². The Morgan fingerprint density at radius 3 is 2.84 bits per heavy atom. The van der Waals surface area contributed by atoms with Crippen LogP contribution in [-0.4, -0.2) is 56.4 Å². The minimum atomic E-state index is -1.12. The van der Waals surface area contributed by atoms with Gasteiger partial charge in [0.25, 0.3) is 0 Å². The van der Waals surface area contributed by atoms with Gasteiger partial charge in [-0.1, -0.05) is 45.3 Å². The zero-order chi connectivity index (χ0) is 26.9. The normalized spacial score (nSPS) is 15.6. The number of amides is 1. The van der Waals surface area contributed by atoms with Crippen molar-refractivity contribution in [2.24, 2.45) is 0 Å². The van der Waals surface area contributed by atoms with Gasteiger partial charge in [-0.25, -0.2) is 9.37 Å². The summed E-state index contributed by atoms with van der Waals surface area (Å²) in [5, 5.41) is 25.3. The summed E-state index contributed by atoms with van der Waals surface area (Å²) in [6, 6.07) is 11.1. The fourth-order valence-corrected chi connectivity index (χ4v) is 6.57. The molecular weight excluding hydrogens is 555 g/mol. The Morgan fingerprint density at radius 1 is 1.24 bits per heavy atom. The first-order valence-corrected chi connectivity index (χ1v) is 14.5. The molecule has 2 atom stereocenters. The molecule has 0 saturated carbocycles. The van der Waals surface area contributed by atoms with Crippen molar-refractivity contribution >= 4 is 56.3 Å².